The highest BCUT2D eigenvalue weighted by Gasteiger charge is 2.10. The van der Waals surface area contributed by atoms with Gasteiger partial charge in [0.25, 0.3) is 0 Å². The van der Waals surface area contributed by atoms with Crippen LogP contribution >= 0.6 is 15.9 Å². The third-order valence-electron chi connectivity index (χ3n) is 3.54. The molecule has 2 heteroatoms. The normalized spacial score (nSPS) is 12.3. The summed E-state index contributed by atoms with van der Waals surface area (Å²) in [4.78, 5) is 0. The van der Waals surface area contributed by atoms with E-state index in [-0.39, 0.29) is 6.04 Å². The number of anilines is 1. The number of halogens is 1. The topological polar surface area (TPSA) is 12.0 Å². The molecular formula is C18H16BrN. The summed E-state index contributed by atoms with van der Waals surface area (Å²) in [6, 6.07) is 23.4. The van der Waals surface area contributed by atoms with Gasteiger partial charge in [0.15, 0.2) is 0 Å². The lowest BCUT2D eigenvalue weighted by molar-refractivity contribution is 0.893. The maximum Gasteiger partial charge on any atom is 0.0492 e. The average Bonchev–Trinajstić information content (AvgIpc) is 2.49. The molecule has 3 aromatic rings. The van der Waals surface area contributed by atoms with Crippen LogP contribution in [0.3, 0.4) is 0 Å². The zero-order valence-electron chi connectivity index (χ0n) is 11.3. The third-order valence-corrected chi connectivity index (χ3v) is 4.23. The molecule has 1 nitrogen and oxygen atoms in total. The van der Waals surface area contributed by atoms with E-state index in [2.05, 4.69) is 82.8 Å². The van der Waals surface area contributed by atoms with E-state index in [9.17, 15) is 0 Å². The van der Waals surface area contributed by atoms with Crippen molar-refractivity contribution in [1.82, 2.24) is 0 Å². The molecule has 0 saturated heterocycles. The summed E-state index contributed by atoms with van der Waals surface area (Å²) in [6.07, 6.45) is 0. The summed E-state index contributed by atoms with van der Waals surface area (Å²) >= 11 is 3.58. The molecule has 0 spiro atoms. The van der Waals surface area contributed by atoms with Crippen LogP contribution in [-0.2, 0) is 0 Å². The highest BCUT2D eigenvalue weighted by Crippen LogP contribution is 2.29. The lowest BCUT2D eigenvalue weighted by atomic mass is 9.99. The van der Waals surface area contributed by atoms with E-state index in [0.29, 0.717) is 0 Å². The van der Waals surface area contributed by atoms with E-state index in [1.165, 1.54) is 16.3 Å². The van der Waals surface area contributed by atoms with Crippen LogP contribution in [-0.4, -0.2) is 0 Å². The number of fused-ring (bicyclic) bond motifs is 1. The van der Waals surface area contributed by atoms with Gasteiger partial charge < -0.3 is 5.32 Å². The first kappa shape index (κ1) is 13.2. The second-order valence-electron chi connectivity index (χ2n) is 4.91. The van der Waals surface area contributed by atoms with Gasteiger partial charge in [0.2, 0.25) is 0 Å². The fraction of sp³-hybridized carbons (Fsp3) is 0.111. The molecule has 20 heavy (non-hydrogen) atoms. The number of nitrogens with one attached hydrogen (secondary N) is 1. The van der Waals surface area contributed by atoms with E-state index in [1.54, 1.807) is 0 Å². The minimum Gasteiger partial charge on any atom is -0.378 e. The van der Waals surface area contributed by atoms with E-state index in [4.69, 9.17) is 0 Å². The Kier molecular flexibility index (Phi) is 3.75. The SMILES string of the molecule is CC(Nc1ccccc1Br)c1cccc2ccccc12. The predicted octanol–water partition coefficient (Wildman–Crippen LogP) is 5.78. The van der Waals surface area contributed by atoms with E-state index in [0.717, 1.165) is 10.2 Å². The predicted molar refractivity (Wildman–Crippen MR) is 90.1 cm³/mol. The Morgan fingerprint density at radius 1 is 0.850 bits per heavy atom. The summed E-state index contributed by atoms with van der Waals surface area (Å²) in [5.41, 5.74) is 2.44. The van der Waals surface area contributed by atoms with Crippen LogP contribution in [0.1, 0.15) is 18.5 Å². The molecule has 1 unspecified atom stereocenters. The monoisotopic (exact) mass is 325 g/mol. The molecule has 1 atom stereocenters. The molecule has 3 aromatic carbocycles. The van der Waals surface area contributed by atoms with Crippen molar-refractivity contribution < 1.29 is 0 Å². The third kappa shape index (κ3) is 2.56. The summed E-state index contributed by atoms with van der Waals surface area (Å²) in [5, 5.41) is 6.16. The Bertz CT molecular complexity index is 731. The van der Waals surface area contributed by atoms with Crippen LogP contribution in [0.4, 0.5) is 5.69 Å². The molecule has 0 radical (unpaired) electrons. The Morgan fingerprint density at radius 3 is 2.40 bits per heavy atom. The number of rotatable bonds is 3. The van der Waals surface area contributed by atoms with Gasteiger partial charge in [-0.15, -0.1) is 0 Å². The first-order valence-electron chi connectivity index (χ1n) is 6.74. The Hall–Kier alpha value is -1.80. The van der Waals surface area contributed by atoms with Gasteiger partial charge in [-0.25, -0.2) is 0 Å². The summed E-state index contributed by atoms with van der Waals surface area (Å²) < 4.78 is 1.09. The van der Waals surface area contributed by atoms with Gasteiger partial charge in [-0.1, -0.05) is 54.6 Å². The number of para-hydroxylation sites is 1. The molecule has 1 N–H and O–H groups in total. The fourth-order valence-electron chi connectivity index (χ4n) is 2.52. The molecule has 0 amide bonds. The van der Waals surface area contributed by atoms with Gasteiger partial charge in [-0.3, -0.25) is 0 Å². The Labute approximate surface area is 127 Å². The van der Waals surface area contributed by atoms with Crippen LogP contribution < -0.4 is 5.32 Å². The Balaban J connectivity index is 1.97. The van der Waals surface area contributed by atoms with Gasteiger partial charge in [0.05, 0.1) is 0 Å². The molecule has 0 fully saturated rings. The van der Waals surface area contributed by atoms with Crippen LogP contribution in [0.25, 0.3) is 10.8 Å². The van der Waals surface area contributed by atoms with Crippen molar-refractivity contribution in [2.24, 2.45) is 0 Å². The minimum atomic E-state index is 0.250. The largest absolute Gasteiger partial charge is 0.378 e. The maximum atomic E-state index is 3.58. The molecule has 100 valence electrons. The quantitative estimate of drug-likeness (QED) is 0.644. The molecule has 0 aliphatic heterocycles. The van der Waals surface area contributed by atoms with Gasteiger partial charge in [0, 0.05) is 16.2 Å². The van der Waals surface area contributed by atoms with Gasteiger partial charge in [0.1, 0.15) is 0 Å². The van der Waals surface area contributed by atoms with Crippen molar-refractivity contribution >= 4 is 32.4 Å². The standard InChI is InChI=1S/C18H16BrN/c1-13(20-18-12-5-4-11-17(18)19)15-10-6-8-14-7-2-3-9-16(14)15/h2-13,20H,1H3. The average molecular weight is 326 g/mol. The molecule has 0 heterocycles. The lowest BCUT2D eigenvalue weighted by Crippen LogP contribution is -2.07. The second-order valence-corrected chi connectivity index (χ2v) is 5.77. The van der Waals surface area contributed by atoms with Gasteiger partial charge >= 0.3 is 0 Å². The molecule has 0 aliphatic carbocycles. The summed E-state index contributed by atoms with van der Waals surface area (Å²) in [6.45, 7) is 2.20. The van der Waals surface area contributed by atoms with Crippen LogP contribution in [0, 0.1) is 0 Å². The first-order chi connectivity index (χ1) is 9.75. The smallest absolute Gasteiger partial charge is 0.0492 e. The molecule has 0 bridgehead atoms. The van der Waals surface area contributed by atoms with Gasteiger partial charge in [-0.05, 0) is 51.3 Å². The molecule has 0 saturated carbocycles. The summed E-state index contributed by atoms with van der Waals surface area (Å²) in [5.74, 6) is 0. The number of benzene rings is 3. The molecular weight excluding hydrogens is 310 g/mol. The zero-order valence-corrected chi connectivity index (χ0v) is 12.9. The molecule has 0 aliphatic rings. The van der Waals surface area contributed by atoms with Crippen molar-refractivity contribution in [3.05, 3.63) is 76.8 Å². The number of hydrogen-bond donors (Lipinski definition) is 1. The molecule has 0 aromatic heterocycles. The van der Waals surface area contributed by atoms with Gasteiger partial charge in [-0.2, -0.15) is 0 Å². The minimum absolute atomic E-state index is 0.250. The van der Waals surface area contributed by atoms with Crippen molar-refractivity contribution in [2.75, 3.05) is 5.32 Å². The zero-order chi connectivity index (χ0) is 13.9. The molecule has 3 rings (SSSR count). The summed E-state index contributed by atoms with van der Waals surface area (Å²) in [7, 11) is 0. The van der Waals surface area contributed by atoms with E-state index < -0.39 is 0 Å². The first-order valence-corrected chi connectivity index (χ1v) is 7.54. The van der Waals surface area contributed by atoms with Crippen LogP contribution in [0.15, 0.2) is 71.2 Å². The van der Waals surface area contributed by atoms with E-state index in [1.807, 2.05) is 12.1 Å². The highest BCUT2D eigenvalue weighted by atomic mass is 79.9. The van der Waals surface area contributed by atoms with Crippen LogP contribution in [0.5, 0.6) is 0 Å². The van der Waals surface area contributed by atoms with Crippen molar-refractivity contribution in [3.8, 4) is 0 Å². The van der Waals surface area contributed by atoms with Crippen molar-refractivity contribution in [2.45, 2.75) is 13.0 Å². The van der Waals surface area contributed by atoms with Crippen molar-refractivity contribution in [1.29, 1.82) is 0 Å². The lowest BCUT2D eigenvalue weighted by Gasteiger charge is -2.18. The van der Waals surface area contributed by atoms with Crippen LogP contribution in [0.2, 0.25) is 0 Å². The highest BCUT2D eigenvalue weighted by molar-refractivity contribution is 9.10. The van der Waals surface area contributed by atoms with Crippen molar-refractivity contribution in [3.63, 3.8) is 0 Å². The number of hydrogen-bond acceptors (Lipinski definition) is 1. The Morgan fingerprint density at radius 2 is 1.55 bits per heavy atom. The fourth-order valence-corrected chi connectivity index (χ4v) is 2.92. The second kappa shape index (κ2) is 5.68. The maximum absolute atomic E-state index is 3.58. The van der Waals surface area contributed by atoms with E-state index >= 15 is 0 Å².